The lowest BCUT2D eigenvalue weighted by Crippen LogP contribution is -2.54. The van der Waals surface area contributed by atoms with Gasteiger partial charge in [0, 0.05) is 23.1 Å². The van der Waals surface area contributed by atoms with Crippen LogP contribution in [-0.4, -0.2) is 42.3 Å². The highest BCUT2D eigenvalue weighted by Crippen LogP contribution is 2.48. The van der Waals surface area contributed by atoms with Crippen molar-refractivity contribution < 1.29 is 32.3 Å². The Bertz CT molecular complexity index is 1110. The molecule has 0 saturated heterocycles. The quantitative estimate of drug-likeness (QED) is 0.488. The van der Waals surface area contributed by atoms with E-state index in [1.165, 1.54) is 19.2 Å². The number of carbonyl (C=O) groups excluding carboxylic acids is 3. The molecule has 1 saturated carbocycles. The number of rotatable bonds is 4. The molecule has 1 atom stereocenters. The van der Waals surface area contributed by atoms with Crippen LogP contribution in [-0.2, 0) is 20.5 Å². The van der Waals surface area contributed by atoms with Gasteiger partial charge in [-0.3, -0.25) is 9.59 Å². The van der Waals surface area contributed by atoms with Crippen LogP contribution in [0.2, 0.25) is 0 Å². The molecule has 1 fully saturated rings. The van der Waals surface area contributed by atoms with Crippen LogP contribution in [0.15, 0.2) is 27.8 Å². The van der Waals surface area contributed by atoms with Gasteiger partial charge in [0.25, 0.3) is 0 Å². The lowest BCUT2D eigenvalue weighted by atomic mass is 9.65. The molecule has 1 aliphatic carbocycles. The molecule has 2 aliphatic rings. The van der Waals surface area contributed by atoms with Gasteiger partial charge in [0.05, 0.1) is 17.0 Å². The topological polar surface area (TPSA) is 133 Å². The number of hydrazone groups is 1. The van der Waals surface area contributed by atoms with Crippen LogP contribution in [0.25, 0.3) is 0 Å². The summed E-state index contributed by atoms with van der Waals surface area (Å²) >= 11 is 3.03. The summed E-state index contributed by atoms with van der Waals surface area (Å²) in [5, 5.41) is 18.8. The van der Waals surface area contributed by atoms with Crippen molar-refractivity contribution in [3.05, 3.63) is 33.8 Å². The van der Waals surface area contributed by atoms with Gasteiger partial charge < -0.3 is 15.4 Å². The number of nitrogens with one attached hydrogen (secondary N) is 3. The third-order valence-electron chi connectivity index (χ3n) is 6.30. The average molecular weight is 558 g/mol. The molecule has 1 heterocycles. The van der Waals surface area contributed by atoms with Crippen LogP contribution < -0.4 is 16.1 Å². The van der Waals surface area contributed by atoms with E-state index in [-0.39, 0.29) is 47.9 Å². The van der Waals surface area contributed by atoms with Gasteiger partial charge in [0.2, 0.25) is 0 Å². The monoisotopic (exact) mass is 557 g/mol. The third kappa shape index (κ3) is 5.42. The summed E-state index contributed by atoms with van der Waals surface area (Å²) in [6, 6.07) is 5.40. The van der Waals surface area contributed by atoms with E-state index in [0.717, 1.165) is 6.07 Å². The molecule has 3 amide bonds. The number of nitrogens with zero attached hydrogens (tertiary/aromatic N) is 2. The van der Waals surface area contributed by atoms with Crippen LogP contribution in [0.5, 0.6) is 0 Å². The summed E-state index contributed by atoms with van der Waals surface area (Å²) in [7, 11) is 1.33. The van der Waals surface area contributed by atoms with Crippen molar-refractivity contribution in [2.24, 2.45) is 10.5 Å². The molecule has 0 radical (unpaired) electrons. The van der Waals surface area contributed by atoms with Gasteiger partial charge in [-0.25, -0.2) is 10.2 Å². The molecule has 35 heavy (non-hydrogen) atoms. The van der Waals surface area contributed by atoms with Crippen molar-refractivity contribution in [1.82, 2.24) is 16.1 Å². The van der Waals surface area contributed by atoms with Gasteiger partial charge in [-0.1, -0.05) is 12.1 Å². The number of hydrogen-bond donors (Lipinski definition) is 3. The zero-order chi connectivity index (χ0) is 26.0. The van der Waals surface area contributed by atoms with E-state index < -0.39 is 46.7 Å². The van der Waals surface area contributed by atoms with Gasteiger partial charge in [-0.2, -0.15) is 23.5 Å². The fraction of sp³-hybridized carbons (Fsp3) is 0.500. The maximum atomic E-state index is 13.5. The number of ether oxygens (including phenoxy) is 1. The minimum Gasteiger partial charge on any atom is -0.435 e. The highest BCUT2D eigenvalue weighted by Gasteiger charge is 2.51. The van der Waals surface area contributed by atoms with Gasteiger partial charge in [-0.15, -0.1) is 0 Å². The van der Waals surface area contributed by atoms with Crippen LogP contribution in [0.4, 0.5) is 18.0 Å². The molecule has 0 bridgehead atoms. The van der Waals surface area contributed by atoms with E-state index in [1.54, 1.807) is 6.92 Å². The summed E-state index contributed by atoms with van der Waals surface area (Å²) in [6.07, 6.45) is -4.50. The normalized spacial score (nSPS) is 24.9. The predicted molar refractivity (Wildman–Crippen MR) is 121 cm³/mol. The van der Waals surface area contributed by atoms with Gasteiger partial charge in [0.1, 0.15) is 5.71 Å². The second-order valence-corrected chi connectivity index (χ2v) is 9.46. The molecule has 0 aromatic heterocycles. The summed E-state index contributed by atoms with van der Waals surface area (Å²) in [4.78, 5) is 35.4. The highest BCUT2D eigenvalue weighted by atomic mass is 79.9. The van der Waals surface area contributed by atoms with Crippen molar-refractivity contribution in [2.75, 3.05) is 7.05 Å². The van der Waals surface area contributed by atoms with Crippen LogP contribution in [0.3, 0.4) is 0 Å². The summed E-state index contributed by atoms with van der Waals surface area (Å²) in [5.74, 6) is -1.63. The number of halogens is 4. The van der Waals surface area contributed by atoms with Gasteiger partial charge in [0.15, 0.2) is 5.60 Å². The first-order valence-electron chi connectivity index (χ1n) is 10.7. The van der Waals surface area contributed by atoms with Crippen LogP contribution in [0, 0.1) is 16.7 Å². The van der Waals surface area contributed by atoms with Gasteiger partial charge in [-0.05, 0) is 61.0 Å². The van der Waals surface area contributed by atoms with E-state index in [4.69, 9.17) is 4.74 Å². The minimum absolute atomic E-state index is 0.121. The van der Waals surface area contributed by atoms with E-state index in [0.29, 0.717) is 0 Å². The second-order valence-electron chi connectivity index (χ2n) is 8.67. The highest BCUT2D eigenvalue weighted by molar-refractivity contribution is 9.10. The van der Waals surface area contributed by atoms with Gasteiger partial charge >= 0.3 is 24.1 Å². The van der Waals surface area contributed by atoms with Crippen molar-refractivity contribution in [3.8, 4) is 6.07 Å². The first kappa shape index (κ1) is 26.5. The molecular weight excluding hydrogens is 535 g/mol. The van der Waals surface area contributed by atoms with Crippen molar-refractivity contribution in [1.29, 1.82) is 5.26 Å². The van der Waals surface area contributed by atoms with Crippen molar-refractivity contribution >= 4 is 39.5 Å². The van der Waals surface area contributed by atoms with Crippen LogP contribution in [0.1, 0.15) is 50.2 Å². The number of likely N-dealkylation sites (N-methyl/N-ethyl adjacent to an activating group) is 1. The zero-order valence-electron chi connectivity index (χ0n) is 18.9. The second kappa shape index (κ2) is 9.85. The summed E-state index contributed by atoms with van der Waals surface area (Å²) < 4.78 is 45.8. The molecule has 3 N–H and O–H groups in total. The molecule has 188 valence electrons. The molecule has 1 aromatic carbocycles. The molecule has 9 nitrogen and oxygen atoms in total. The molecule has 3 rings (SSSR count). The average Bonchev–Trinajstić information content (AvgIpc) is 2.80. The number of benzene rings is 1. The third-order valence-corrected chi connectivity index (χ3v) is 7.15. The van der Waals surface area contributed by atoms with E-state index in [9.17, 15) is 32.8 Å². The Hall–Kier alpha value is -3.14. The number of nitriles is 1. The number of hydrogen-bond acceptors (Lipinski definition) is 6. The number of carbonyl (C=O) groups is 3. The van der Waals surface area contributed by atoms with Crippen molar-refractivity contribution in [3.63, 3.8) is 0 Å². The molecule has 1 aliphatic heterocycles. The Morgan fingerprint density at radius 2 is 1.94 bits per heavy atom. The lowest BCUT2D eigenvalue weighted by molar-refractivity contribution is -0.139. The first-order valence-corrected chi connectivity index (χ1v) is 11.5. The smallest absolute Gasteiger partial charge is 0.428 e. The predicted octanol–water partition coefficient (Wildman–Crippen LogP) is 3.38. The zero-order valence-corrected chi connectivity index (χ0v) is 20.5. The number of alkyl halides is 3. The largest absolute Gasteiger partial charge is 0.435 e. The Labute approximate surface area is 207 Å². The minimum atomic E-state index is -4.61. The molecule has 0 unspecified atom stereocenters. The molecular formula is C22H23BrF3N5O4. The summed E-state index contributed by atoms with van der Waals surface area (Å²) in [5.41, 5.74) is -0.719. The molecule has 13 heteroatoms. The summed E-state index contributed by atoms with van der Waals surface area (Å²) in [6.45, 7) is 1.67. The molecule has 1 aromatic rings. The lowest BCUT2D eigenvalue weighted by Gasteiger charge is -2.45. The maximum absolute atomic E-state index is 13.5. The standard InChI is InChI=1S/C22H23BrF3N5O4/c1-12(29-18(33)17(32)28-2)10-20(11-27)6-8-21(9-7-20)16(30-31-19(34)35-21)13-4-3-5-14(15(13)23)22(24,25)26/h3-5,12H,6-10H2,1-2H3,(H,28,32)(H,29,33)(H,31,34)/t12-,20?,21?/m0/s1. The van der Waals surface area contributed by atoms with E-state index in [2.05, 4.69) is 43.2 Å². The molecule has 1 spiro atoms. The maximum Gasteiger partial charge on any atom is 0.428 e. The van der Waals surface area contributed by atoms with E-state index in [1.807, 2.05) is 0 Å². The number of amides is 3. The fourth-order valence-corrected chi connectivity index (χ4v) is 5.24. The Morgan fingerprint density at radius 1 is 1.29 bits per heavy atom. The Kier molecular flexibility index (Phi) is 7.45. The SMILES string of the molecule is CNC(=O)C(=O)N[C@@H](C)CC1(C#N)CCC2(CC1)OC(=O)NN=C2c1cccc(C(F)(F)F)c1Br. The van der Waals surface area contributed by atoms with Crippen molar-refractivity contribution in [2.45, 2.75) is 56.8 Å². The first-order chi connectivity index (χ1) is 16.4. The Morgan fingerprint density at radius 3 is 2.51 bits per heavy atom. The Balaban J connectivity index is 1.86. The van der Waals surface area contributed by atoms with E-state index >= 15 is 0 Å². The fourth-order valence-electron chi connectivity index (χ4n) is 4.56. The van der Waals surface area contributed by atoms with Crippen LogP contribution >= 0.6 is 15.9 Å².